The zero-order valence-electron chi connectivity index (χ0n) is 14.6. The Labute approximate surface area is 136 Å². The molecule has 0 bridgehead atoms. The van der Waals surface area contributed by atoms with Crippen molar-refractivity contribution in [3.8, 4) is 12.3 Å². The molecule has 0 unspecified atom stereocenters. The molecule has 3 atom stereocenters. The summed E-state index contributed by atoms with van der Waals surface area (Å²) in [5, 5.41) is 19.9. The Morgan fingerprint density at radius 1 is 1.27 bits per heavy atom. The summed E-state index contributed by atoms with van der Waals surface area (Å²) in [6, 6.07) is 0. The van der Waals surface area contributed by atoms with Crippen LogP contribution < -0.4 is 0 Å². The number of aliphatic hydroxyl groups is 2. The van der Waals surface area contributed by atoms with Crippen LogP contribution in [0.4, 0.5) is 0 Å². The second-order valence-corrected chi connectivity index (χ2v) is 11.8. The molecule has 0 rings (SSSR count). The molecule has 0 amide bonds. The second-order valence-electron chi connectivity index (χ2n) is 7.00. The monoisotopic (exact) mass is 328 g/mol. The van der Waals surface area contributed by atoms with Gasteiger partial charge in [-0.3, -0.25) is 0 Å². The van der Waals surface area contributed by atoms with Gasteiger partial charge in [-0.2, -0.15) is 0 Å². The number of hydrogen-bond donors (Lipinski definition) is 2. The van der Waals surface area contributed by atoms with Gasteiger partial charge in [0.05, 0.1) is 6.10 Å². The molecule has 0 radical (unpaired) electrons. The summed E-state index contributed by atoms with van der Waals surface area (Å²) >= 11 is 0. The molecule has 0 aliphatic rings. The van der Waals surface area contributed by atoms with E-state index < -0.39 is 26.6 Å². The first-order chi connectivity index (χ1) is 10.1. The van der Waals surface area contributed by atoms with Crippen molar-refractivity contribution in [2.75, 3.05) is 13.2 Å². The van der Waals surface area contributed by atoms with Crippen LogP contribution >= 0.6 is 0 Å². The van der Waals surface area contributed by atoms with Gasteiger partial charge in [0.2, 0.25) is 0 Å². The third-order valence-electron chi connectivity index (χ3n) is 4.15. The molecule has 0 aliphatic heterocycles. The predicted octanol–water partition coefficient (Wildman–Crippen LogP) is 2.71. The van der Waals surface area contributed by atoms with Gasteiger partial charge in [0.15, 0.2) is 8.32 Å². The van der Waals surface area contributed by atoms with Crippen LogP contribution in [0.2, 0.25) is 18.1 Å². The standard InChI is InChI=1S/C17H32O4Si/c1-8-11-15(19)16(14(18)9-2)20-12-10-13-21-22(6,7)17(3,4)5/h1,9,14-16,18-19H,2,10-13H2,3-7H3/t14-,15-,16-/m1/s1. The Morgan fingerprint density at radius 3 is 2.32 bits per heavy atom. The molecule has 22 heavy (non-hydrogen) atoms. The fraction of sp³-hybridized carbons (Fsp3) is 0.765. The van der Waals surface area contributed by atoms with E-state index in [9.17, 15) is 10.2 Å². The van der Waals surface area contributed by atoms with Crippen molar-refractivity contribution in [3.63, 3.8) is 0 Å². The summed E-state index contributed by atoms with van der Waals surface area (Å²) in [6.45, 7) is 15.5. The minimum Gasteiger partial charge on any atom is -0.417 e. The van der Waals surface area contributed by atoms with E-state index in [1.165, 1.54) is 6.08 Å². The first kappa shape index (κ1) is 21.4. The first-order valence-electron chi connectivity index (χ1n) is 7.74. The maximum atomic E-state index is 9.90. The molecule has 5 heteroatoms. The Hall–Kier alpha value is -0.643. The van der Waals surface area contributed by atoms with E-state index in [1.54, 1.807) is 0 Å². The molecule has 0 fully saturated rings. The van der Waals surface area contributed by atoms with Crippen molar-refractivity contribution in [2.24, 2.45) is 0 Å². The normalized spacial score (nSPS) is 16.6. The molecule has 0 saturated carbocycles. The van der Waals surface area contributed by atoms with Crippen LogP contribution in [0.15, 0.2) is 12.7 Å². The van der Waals surface area contributed by atoms with Gasteiger partial charge in [0.25, 0.3) is 0 Å². The van der Waals surface area contributed by atoms with Crippen molar-refractivity contribution in [1.29, 1.82) is 0 Å². The molecule has 0 saturated heterocycles. The highest BCUT2D eigenvalue weighted by Gasteiger charge is 2.36. The number of terminal acetylenes is 1. The SMILES string of the molecule is C#CC[C@@H](O)[C@H](OCCCO[Si](C)(C)C(C)(C)C)[C@H](O)C=C. The van der Waals surface area contributed by atoms with E-state index in [1.807, 2.05) is 0 Å². The topological polar surface area (TPSA) is 58.9 Å². The molecule has 128 valence electrons. The Morgan fingerprint density at radius 2 is 1.86 bits per heavy atom. The molecular formula is C17H32O4Si. The summed E-state index contributed by atoms with van der Waals surface area (Å²) in [7, 11) is -1.74. The van der Waals surface area contributed by atoms with Crippen LogP contribution in [-0.2, 0) is 9.16 Å². The average Bonchev–Trinajstić information content (AvgIpc) is 2.40. The number of ether oxygens (including phenoxy) is 1. The van der Waals surface area contributed by atoms with E-state index in [-0.39, 0.29) is 11.5 Å². The minimum atomic E-state index is -1.74. The molecule has 0 aromatic carbocycles. The lowest BCUT2D eigenvalue weighted by Gasteiger charge is -2.36. The quantitative estimate of drug-likeness (QED) is 0.280. The lowest BCUT2D eigenvalue weighted by atomic mass is 10.1. The van der Waals surface area contributed by atoms with Gasteiger partial charge in [-0.15, -0.1) is 18.9 Å². The molecule has 4 nitrogen and oxygen atoms in total. The van der Waals surface area contributed by atoms with Crippen LogP contribution in [0.1, 0.15) is 33.6 Å². The summed E-state index contributed by atoms with van der Waals surface area (Å²) in [5.41, 5.74) is 0. The largest absolute Gasteiger partial charge is 0.417 e. The fourth-order valence-electron chi connectivity index (χ4n) is 1.63. The third kappa shape index (κ3) is 7.08. The predicted molar refractivity (Wildman–Crippen MR) is 93.2 cm³/mol. The highest BCUT2D eigenvalue weighted by Crippen LogP contribution is 2.36. The van der Waals surface area contributed by atoms with E-state index in [0.29, 0.717) is 19.6 Å². The van der Waals surface area contributed by atoms with Crippen LogP contribution in [0.5, 0.6) is 0 Å². The van der Waals surface area contributed by atoms with Crippen molar-refractivity contribution >= 4 is 8.32 Å². The van der Waals surface area contributed by atoms with Crippen molar-refractivity contribution < 1.29 is 19.4 Å². The van der Waals surface area contributed by atoms with E-state index in [2.05, 4.69) is 46.4 Å². The Balaban J connectivity index is 4.25. The van der Waals surface area contributed by atoms with Crippen molar-refractivity contribution in [3.05, 3.63) is 12.7 Å². The fourth-order valence-corrected chi connectivity index (χ4v) is 2.72. The summed E-state index contributed by atoms with van der Waals surface area (Å²) in [5.74, 6) is 2.37. The summed E-state index contributed by atoms with van der Waals surface area (Å²) < 4.78 is 11.6. The van der Waals surface area contributed by atoms with Crippen LogP contribution in [0.25, 0.3) is 0 Å². The molecule has 2 N–H and O–H groups in total. The smallest absolute Gasteiger partial charge is 0.191 e. The first-order valence-corrected chi connectivity index (χ1v) is 10.7. The Bertz CT molecular complexity index is 368. The maximum Gasteiger partial charge on any atom is 0.191 e. The van der Waals surface area contributed by atoms with E-state index in [0.717, 1.165) is 0 Å². The van der Waals surface area contributed by atoms with Gasteiger partial charge >= 0.3 is 0 Å². The third-order valence-corrected chi connectivity index (χ3v) is 8.69. The van der Waals surface area contributed by atoms with Crippen molar-refractivity contribution in [2.45, 2.75) is 70.1 Å². The molecule has 0 aromatic rings. The van der Waals surface area contributed by atoms with Crippen LogP contribution in [0, 0.1) is 12.3 Å². The summed E-state index contributed by atoms with van der Waals surface area (Å²) in [6.07, 6.45) is 4.78. The van der Waals surface area contributed by atoms with Gasteiger partial charge in [-0.25, -0.2) is 0 Å². The number of hydrogen-bond acceptors (Lipinski definition) is 4. The van der Waals surface area contributed by atoms with Gasteiger partial charge in [0, 0.05) is 19.6 Å². The molecule has 0 aliphatic carbocycles. The van der Waals surface area contributed by atoms with Gasteiger partial charge in [-0.1, -0.05) is 26.8 Å². The zero-order chi connectivity index (χ0) is 17.4. The van der Waals surface area contributed by atoms with Crippen molar-refractivity contribution in [1.82, 2.24) is 0 Å². The van der Waals surface area contributed by atoms with Crippen LogP contribution in [-0.4, -0.2) is 50.1 Å². The average molecular weight is 329 g/mol. The number of aliphatic hydroxyl groups excluding tert-OH is 2. The van der Waals surface area contributed by atoms with Gasteiger partial charge < -0.3 is 19.4 Å². The highest BCUT2D eigenvalue weighted by molar-refractivity contribution is 6.74. The maximum absolute atomic E-state index is 9.90. The van der Waals surface area contributed by atoms with Gasteiger partial charge in [-0.05, 0) is 24.6 Å². The minimum absolute atomic E-state index is 0.135. The zero-order valence-corrected chi connectivity index (χ0v) is 15.6. The van der Waals surface area contributed by atoms with E-state index in [4.69, 9.17) is 15.6 Å². The molecular weight excluding hydrogens is 296 g/mol. The highest BCUT2D eigenvalue weighted by atomic mass is 28.4. The lowest BCUT2D eigenvalue weighted by Crippen LogP contribution is -2.41. The number of rotatable bonds is 10. The van der Waals surface area contributed by atoms with Crippen LogP contribution in [0.3, 0.4) is 0 Å². The second kappa shape index (κ2) is 9.49. The molecule has 0 heterocycles. The Kier molecular flexibility index (Phi) is 9.21. The summed E-state index contributed by atoms with van der Waals surface area (Å²) in [4.78, 5) is 0. The van der Waals surface area contributed by atoms with E-state index >= 15 is 0 Å². The molecule has 0 aromatic heterocycles. The molecule has 0 spiro atoms. The van der Waals surface area contributed by atoms with Gasteiger partial charge in [0.1, 0.15) is 12.2 Å². The lowest BCUT2D eigenvalue weighted by molar-refractivity contribution is -0.0853.